The van der Waals surface area contributed by atoms with E-state index in [1.807, 2.05) is 31.2 Å². The van der Waals surface area contributed by atoms with E-state index in [1.54, 1.807) is 0 Å². The number of carbonyl (C=O) groups is 1. The van der Waals surface area contributed by atoms with E-state index >= 15 is 0 Å². The fraction of sp³-hybridized carbons (Fsp3) is 0.588. The second-order valence-corrected chi connectivity index (χ2v) is 7.07. The van der Waals surface area contributed by atoms with Crippen LogP contribution in [0.1, 0.15) is 46.5 Å². The smallest absolute Gasteiger partial charge is 0.331 e. The van der Waals surface area contributed by atoms with E-state index in [1.165, 1.54) is 0 Å². The zero-order valence-electron chi connectivity index (χ0n) is 13.0. The first-order chi connectivity index (χ1) is 9.87. The number of rotatable bonds is 4. The van der Waals surface area contributed by atoms with Crippen molar-refractivity contribution in [1.82, 2.24) is 0 Å². The second kappa shape index (κ2) is 6.27. The normalized spacial score (nSPS) is 24.4. The van der Waals surface area contributed by atoms with E-state index in [2.05, 4.69) is 19.2 Å². The highest BCUT2D eigenvalue weighted by molar-refractivity contribution is 6.30. The molecular formula is C17H24ClNO2. The minimum absolute atomic E-state index is 0.122. The molecule has 0 saturated heterocycles. The number of anilines is 1. The van der Waals surface area contributed by atoms with E-state index in [-0.39, 0.29) is 11.4 Å². The van der Waals surface area contributed by atoms with Crippen molar-refractivity contribution in [1.29, 1.82) is 0 Å². The van der Waals surface area contributed by atoms with E-state index in [0.717, 1.165) is 31.4 Å². The van der Waals surface area contributed by atoms with Gasteiger partial charge in [0, 0.05) is 10.7 Å². The summed E-state index contributed by atoms with van der Waals surface area (Å²) in [5, 5.41) is 4.08. The van der Waals surface area contributed by atoms with Gasteiger partial charge in [-0.25, -0.2) is 4.79 Å². The van der Waals surface area contributed by atoms with Crippen molar-refractivity contribution in [2.75, 3.05) is 11.9 Å². The van der Waals surface area contributed by atoms with Crippen LogP contribution in [0.5, 0.6) is 0 Å². The van der Waals surface area contributed by atoms with Crippen molar-refractivity contribution >= 4 is 23.3 Å². The number of nitrogens with one attached hydrogen (secondary N) is 1. The first-order valence-electron chi connectivity index (χ1n) is 7.58. The molecule has 0 heterocycles. The summed E-state index contributed by atoms with van der Waals surface area (Å²) in [5.74, 6) is -0.155. The van der Waals surface area contributed by atoms with Crippen LogP contribution in [-0.4, -0.2) is 18.1 Å². The van der Waals surface area contributed by atoms with Crippen molar-refractivity contribution in [3.63, 3.8) is 0 Å². The SMILES string of the molecule is CCOC(=O)C1(Nc2cccc(Cl)c2)CCCC(C)(C)C1. The summed E-state index contributed by atoms with van der Waals surface area (Å²) in [6, 6.07) is 7.50. The van der Waals surface area contributed by atoms with Crippen molar-refractivity contribution in [2.45, 2.75) is 52.0 Å². The Morgan fingerprint density at radius 2 is 2.14 bits per heavy atom. The van der Waals surface area contributed by atoms with Crippen LogP contribution in [-0.2, 0) is 9.53 Å². The monoisotopic (exact) mass is 309 g/mol. The second-order valence-electron chi connectivity index (χ2n) is 6.63. The number of hydrogen-bond acceptors (Lipinski definition) is 3. The minimum atomic E-state index is -0.650. The van der Waals surface area contributed by atoms with Crippen molar-refractivity contribution in [3.8, 4) is 0 Å². The van der Waals surface area contributed by atoms with E-state index in [0.29, 0.717) is 11.6 Å². The lowest BCUT2D eigenvalue weighted by Gasteiger charge is -2.44. The molecule has 0 bridgehead atoms. The molecule has 1 aliphatic rings. The van der Waals surface area contributed by atoms with Crippen molar-refractivity contribution < 1.29 is 9.53 Å². The van der Waals surface area contributed by atoms with Gasteiger partial charge in [0.1, 0.15) is 5.54 Å². The van der Waals surface area contributed by atoms with Gasteiger partial charge in [0.15, 0.2) is 0 Å². The zero-order chi connectivity index (χ0) is 15.5. The number of ether oxygens (including phenoxy) is 1. The molecule has 0 amide bonds. The van der Waals surface area contributed by atoms with Gasteiger partial charge in [0.25, 0.3) is 0 Å². The van der Waals surface area contributed by atoms with Gasteiger partial charge in [0.05, 0.1) is 6.61 Å². The molecule has 1 N–H and O–H groups in total. The Kier molecular flexibility index (Phi) is 4.82. The molecule has 1 aromatic carbocycles. The summed E-state index contributed by atoms with van der Waals surface area (Å²) in [6.07, 6.45) is 3.71. The quantitative estimate of drug-likeness (QED) is 0.822. The molecule has 116 valence electrons. The predicted octanol–water partition coefficient (Wildman–Crippen LogP) is 4.65. The highest BCUT2D eigenvalue weighted by atomic mass is 35.5. The Hall–Kier alpha value is -1.22. The van der Waals surface area contributed by atoms with Crippen LogP contribution < -0.4 is 5.32 Å². The van der Waals surface area contributed by atoms with Crippen LogP contribution >= 0.6 is 11.6 Å². The lowest BCUT2D eigenvalue weighted by Crippen LogP contribution is -2.52. The first-order valence-corrected chi connectivity index (χ1v) is 7.96. The van der Waals surface area contributed by atoms with E-state index in [9.17, 15) is 4.79 Å². The molecule has 0 radical (unpaired) electrons. The predicted molar refractivity (Wildman–Crippen MR) is 86.7 cm³/mol. The van der Waals surface area contributed by atoms with Crippen LogP contribution in [0.15, 0.2) is 24.3 Å². The topological polar surface area (TPSA) is 38.3 Å². The summed E-state index contributed by atoms with van der Waals surface area (Å²) in [5.41, 5.74) is 0.340. The Bertz CT molecular complexity index is 515. The lowest BCUT2D eigenvalue weighted by molar-refractivity contribution is -0.151. The van der Waals surface area contributed by atoms with Crippen molar-refractivity contribution in [3.05, 3.63) is 29.3 Å². The Balaban J connectivity index is 2.29. The molecule has 0 aliphatic heterocycles. The zero-order valence-corrected chi connectivity index (χ0v) is 13.8. The van der Waals surface area contributed by atoms with E-state index in [4.69, 9.17) is 16.3 Å². The fourth-order valence-corrected chi connectivity index (χ4v) is 3.50. The van der Waals surface area contributed by atoms with E-state index < -0.39 is 5.54 Å². The van der Waals surface area contributed by atoms with Gasteiger partial charge >= 0.3 is 5.97 Å². The molecule has 4 heteroatoms. The molecule has 1 aliphatic carbocycles. The Morgan fingerprint density at radius 1 is 1.38 bits per heavy atom. The van der Waals surface area contributed by atoms with Crippen LogP contribution in [0.3, 0.4) is 0 Å². The first kappa shape index (κ1) is 16.2. The van der Waals surface area contributed by atoms with Gasteiger partial charge in [0.2, 0.25) is 0 Å². The summed E-state index contributed by atoms with van der Waals surface area (Å²) in [4.78, 5) is 12.6. The highest BCUT2D eigenvalue weighted by Crippen LogP contribution is 2.43. The number of benzene rings is 1. The molecule has 0 aromatic heterocycles. The maximum Gasteiger partial charge on any atom is 0.331 e. The third-order valence-corrected chi connectivity index (χ3v) is 4.35. The number of esters is 1. The molecule has 2 rings (SSSR count). The number of hydrogen-bond donors (Lipinski definition) is 1. The summed E-state index contributed by atoms with van der Waals surface area (Å²) in [7, 11) is 0. The standard InChI is InChI=1S/C17H24ClNO2/c1-4-21-15(20)17(10-6-9-16(2,3)12-17)19-14-8-5-7-13(18)11-14/h5,7-8,11,19H,4,6,9-10,12H2,1-3H3. The third-order valence-electron chi connectivity index (χ3n) is 4.11. The molecule has 1 unspecified atom stereocenters. The van der Waals surface area contributed by atoms with Gasteiger partial charge < -0.3 is 10.1 Å². The Morgan fingerprint density at radius 3 is 2.76 bits per heavy atom. The lowest BCUT2D eigenvalue weighted by atomic mass is 9.68. The molecule has 21 heavy (non-hydrogen) atoms. The molecule has 1 aromatic rings. The van der Waals surface area contributed by atoms with Crippen molar-refractivity contribution in [2.24, 2.45) is 5.41 Å². The fourth-order valence-electron chi connectivity index (χ4n) is 3.31. The van der Waals surface area contributed by atoms with Gasteiger partial charge in [-0.3, -0.25) is 0 Å². The maximum absolute atomic E-state index is 12.6. The average molecular weight is 310 g/mol. The average Bonchev–Trinajstić information content (AvgIpc) is 2.37. The molecule has 1 fully saturated rings. The Labute approximate surface area is 132 Å². The summed E-state index contributed by atoms with van der Waals surface area (Å²) < 4.78 is 5.35. The number of carbonyl (C=O) groups excluding carboxylic acids is 1. The van der Waals surface area contributed by atoms with Gasteiger partial charge in [-0.05, 0) is 56.2 Å². The van der Waals surface area contributed by atoms with Crippen LogP contribution in [0, 0.1) is 5.41 Å². The third kappa shape index (κ3) is 3.91. The summed E-state index contributed by atoms with van der Waals surface area (Å²) >= 11 is 6.05. The maximum atomic E-state index is 12.6. The largest absolute Gasteiger partial charge is 0.464 e. The molecule has 0 spiro atoms. The molecule has 3 nitrogen and oxygen atoms in total. The number of halogens is 1. The molecular weight excluding hydrogens is 286 g/mol. The van der Waals surface area contributed by atoms with Crippen LogP contribution in [0.4, 0.5) is 5.69 Å². The van der Waals surface area contributed by atoms with Gasteiger partial charge in [-0.1, -0.05) is 31.5 Å². The molecule has 1 atom stereocenters. The highest BCUT2D eigenvalue weighted by Gasteiger charge is 2.46. The van der Waals surface area contributed by atoms with Crippen LogP contribution in [0.2, 0.25) is 5.02 Å². The molecule has 1 saturated carbocycles. The van der Waals surface area contributed by atoms with Crippen LogP contribution in [0.25, 0.3) is 0 Å². The van der Waals surface area contributed by atoms with Gasteiger partial charge in [-0.2, -0.15) is 0 Å². The summed E-state index contributed by atoms with van der Waals surface area (Å²) in [6.45, 7) is 6.66. The minimum Gasteiger partial charge on any atom is -0.464 e. The van der Waals surface area contributed by atoms with Gasteiger partial charge in [-0.15, -0.1) is 0 Å².